The molecule has 0 aliphatic carbocycles. The number of amides is 1. The first-order chi connectivity index (χ1) is 11.8. The third kappa shape index (κ3) is 6.92. The van der Waals surface area contributed by atoms with Gasteiger partial charge in [-0.3, -0.25) is 4.79 Å². The van der Waals surface area contributed by atoms with E-state index in [9.17, 15) is 4.79 Å². The summed E-state index contributed by atoms with van der Waals surface area (Å²) in [4.78, 5) is 12.9. The van der Waals surface area contributed by atoms with Crippen LogP contribution in [0.4, 0.5) is 0 Å². The molecule has 0 saturated heterocycles. The van der Waals surface area contributed by atoms with Crippen LogP contribution in [0.3, 0.4) is 0 Å². The topological polar surface area (TPSA) is 41.5 Å². The highest BCUT2D eigenvalue weighted by atomic mass is 32.1. The van der Waals surface area contributed by atoms with Crippen molar-refractivity contribution in [1.82, 2.24) is 5.43 Å². The van der Waals surface area contributed by atoms with Crippen molar-refractivity contribution in [3.63, 3.8) is 0 Å². The van der Waals surface area contributed by atoms with E-state index in [2.05, 4.69) is 35.7 Å². The molecule has 0 unspecified atom stereocenters. The van der Waals surface area contributed by atoms with Crippen molar-refractivity contribution in [2.45, 2.75) is 39.0 Å². The van der Waals surface area contributed by atoms with Crippen LogP contribution in [0.1, 0.15) is 43.0 Å². The third-order valence-electron chi connectivity index (χ3n) is 3.56. The maximum absolute atomic E-state index is 11.9. The second-order valence-corrected chi connectivity index (χ2v) is 6.67. The predicted octanol–water partition coefficient (Wildman–Crippen LogP) is 5.06. The Bertz CT molecular complexity index is 660. The number of allylic oxidation sites excluding steroid dienone is 1. The van der Waals surface area contributed by atoms with Gasteiger partial charge in [0.2, 0.25) is 5.91 Å². The fourth-order valence-electron chi connectivity index (χ4n) is 2.31. The molecule has 0 spiro atoms. The first kappa shape index (κ1) is 18.1. The van der Waals surface area contributed by atoms with Crippen LogP contribution in [0.15, 0.2) is 58.5 Å². The molecule has 1 N–H and O–H groups in total. The molecular formula is C20H24N2OS. The maximum Gasteiger partial charge on any atom is 0.245 e. The second-order valence-electron chi connectivity index (χ2n) is 5.64. The van der Waals surface area contributed by atoms with Gasteiger partial charge in [-0.25, -0.2) is 5.43 Å². The monoisotopic (exact) mass is 340 g/mol. The Hall–Kier alpha value is -2.20. The average Bonchev–Trinajstić information content (AvgIpc) is 3.08. The van der Waals surface area contributed by atoms with Crippen molar-refractivity contribution >= 4 is 29.5 Å². The minimum Gasteiger partial charge on any atom is -0.273 e. The van der Waals surface area contributed by atoms with Crippen LogP contribution >= 0.6 is 11.3 Å². The van der Waals surface area contributed by atoms with Crippen LogP contribution in [-0.4, -0.2) is 12.1 Å². The summed E-state index contributed by atoms with van der Waals surface area (Å²) in [5.74, 6) is -0.0821. The largest absolute Gasteiger partial charge is 0.273 e. The average molecular weight is 340 g/mol. The number of carbonyl (C=O) groups excluding carboxylic acids is 1. The van der Waals surface area contributed by atoms with Gasteiger partial charge >= 0.3 is 0 Å². The van der Waals surface area contributed by atoms with Gasteiger partial charge in [-0.15, -0.1) is 11.3 Å². The standard InChI is InChI=1S/C20H24N2OS/c1-2-3-5-11-18(14-17-9-6-4-7-10-17)16-21-22-20(23)15-19-12-8-13-24-19/h4,6-10,12-14,16H,2-3,5,11,15H2,1H3,(H,22,23)/b18-14+,21-16-. The number of thiophene rings is 1. The van der Waals surface area contributed by atoms with Crippen LogP contribution in [-0.2, 0) is 11.2 Å². The zero-order chi connectivity index (χ0) is 17.0. The quantitative estimate of drug-likeness (QED) is 0.387. The lowest BCUT2D eigenvalue weighted by Gasteiger charge is -2.03. The third-order valence-corrected chi connectivity index (χ3v) is 4.43. The molecule has 0 atom stereocenters. The molecule has 126 valence electrons. The zero-order valence-corrected chi connectivity index (χ0v) is 14.9. The SMILES string of the molecule is CCCCCC(/C=N\NC(=O)Cc1cccs1)=C\c1ccccc1. The van der Waals surface area contributed by atoms with Crippen LogP contribution in [0.5, 0.6) is 0 Å². The number of hydrogen-bond acceptors (Lipinski definition) is 3. The van der Waals surface area contributed by atoms with E-state index < -0.39 is 0 Å². The number of carbonyl (C=O) groups is 1. The molecule has 0 aliphatic rings. The lowest BCUT2D eigenvalue weighted by atomic mass is 10.1. The van der Waals surface area contributed by atoms with Gasteiger partial charge in [-0.1, -0.05) is 62.2 Å². The Labute approximate surface area is 148 Å². The summed E-state index contributed by atoms with van der Waals surface area (Å²) >= 11 is 1.58. The molecular weight excluding hydrogens is 316 g/mol. The van der Waals surface area contributed by atoms with E-state index in [-0.39, 0.29) is 5.91 Å². The Morgan fingerprint density at radius 2 is 2.00 bits per heavy atom. The van der Waals surface area contributed by atoms with Crippen LogP contribution in [0.25, 0.3) is 6.08 Å². The minimum absolute atomic E-state index is 0.0821. The molecule has 0 saturated carbocycles. The van der Waals surface area contributed by atoms with E-state index >= 15 is 0 Å². The fraction of sp³-hybridized carbons (Fsp3) is 0.300. The summed E-state index contributed by atoms with van der Waals surface area (Å²) in [6.07, 6.45) is 8.76. The summed E-state index contributed by atoms with van der Waals surface area (Å²) in [5, 5.41) is 6.11. The molecule has 3 nitrogen and oxygen atoms in total. The van der Waals surface area contributed by atoms with E-state index in [1.807, 2.05) is 35.7 Å². The number of unbranched alkanes of at least 4 members (excludes halogenated alkanes) is 2. The predicted molar refractivity (Wildman–Crippen MR) is 103 cm³/mol. The molecule has 24 heavy (non-hydrogen) atoms. The smallest absolute Gasteiger partial charge is 0.245 e. The van der Waals surface area contributed by atoms with Gasteiger partial charge in [0.15, 0.2) is 0 Å². The van der Waals surface area contributed by atoms with Crippen LogP contribution in [0.2, 0.25) is 0 Å². The second kappa shape index (κ2) is 10.6. The number of nitrogens with zero attached hydrogens (tertiary/aromatic N) is 1. The lowest BCUT2D eigenvalue weighted by molar-refractivity contribution is -0.120. The Balaban J connectivity index is 1.93. The summed E-state index contributed by atoms with van der Waals surface area (Å²) in [5.41, 5.74) is 4.91. The zero-order valence-electron chi connectivity index (χ0n) is 14.1. The number of nitrogens with one attached hydrogen (secondary N) is 1. The molecule has 1 aromatic heterocycles. The molecule has 0 radical (unpaired) electrons. The van der Waals surface area contributed by atoms with E-state index in [4.69, 9.17) is 0 Å². The number of benzene rings is 1. The molecule has 2 rings (SSSR count). The van der Waals surface area contributed by atoms with Gasteiger partial charge in [0, 0.05) is 4.88 Å². The molecule has 0 bridgehead atoms. The Kier molecular flexibility index (Phi) is 7.98. The van der Waals surface area contributed by atoms with Gasteiger partial charge in [0.05, 0.1) is 12.6 Å². The van der Waals surface area contributed by atoms with E-state index in [0.717, 1.165) is 28.9 Å². The number of hydrazone groups is 1. The highest BCUT2D eigenvalue weighted by Gasteiger charge is 2.02. The summed E-state index contributed by atoms with van der Waals surface area (Å²) in [6, 6.07) is 14.1. The fourth-order valence-corrected chi connectivity index (χ4v) is 3.02. The van der Waals surface area contributed by atoms with Crippen molar-refractivity contribution in [2.75, 3.05) is 0 Å². The molecule has 1 heterocycles. The van der Waals surface area contributed by atoms with Crippen molar-refractivity contribution in [3.8, 4) is 0 Å². The lowest BCUT2D eigenvalue weighted by Crippen LogP contribution is -2.19. The number of hydrogen-bond donors (Lipinski definition) is 1. The van der Waals surface area contributed by atoms with E-state index in [0.29, 0.717) is 6.42 Å². The van der Waals surface area contributed by atoms with Crippen molar-refractivity contribution < 1.29 is 4.79 Å². The van der Waals surface area contributed by atoms with Crippen molar-refractivity contribution in [1.29, 1.82) is 0 Å². The minimum atomic E-state index is -0.0821. The molecule has 1 amide bonds. The van der Waals surface area contributed by atoms with E-state index in [1.54, 1.807) is 17.6 Å². The highest BCUT2D eigenvalue weighted by Crippen LogP contribution is 2.12. The summed E-state index contributed by atoms with van der Waals surface area (Å²) < 4.78 is 0. The van der Waals surface area contributed by atoms with Crippen molar-refractivity contribution in [3.05, 3.63) is 63.9 Å². The van der Waals surface area contributed by atoms with Gasteiger partial charge in [-0.2, -0.15) is 5.10 Å². The highest BCUT2D eigenvalue weighted by molar-refractivity contribution is 7.10. The number of rotatable bonds is 9. The molecule has 1 aromatic carbocycles. The molecule has 0 fully saturated rings. The van der Waals surface area contributed by atoms with Crippen LogP contribution < -0.4 is 5.43 Å². The van der Waals surface area contributed by atoms with Gasteiger partial charge < -0.3 is 0 Å². The summed E-state index contributed by atoms with van der Waals surface area (Å²) in [7, 11) is 0. The Morgan fingerprint density at radius 3 is 2.71 bits per heavy atom. The molecule has 2 aromatic rings. The van der Waals surface area contributed by atoms with Gasteiger partial charge in [0.1, 0.15) is 0 Å². The van der Waals surface area contributed by atoms with E-state index in [1.165, 1.54) is 12.8 Å². The first-order valence-electron chi connectivity index (χ1n) is 8.38. The van der Waals surface area contributed by atoms with Gasteiger partial charge in [-0.05, 0) is 35.4 Å². The summed E-state index contributed by atoms with van der Waals surface area (Å²) in [6.45, 7) is 2.19. The maximum atomic E-state index is 11.9. The normalized spacial score (nSPS) is 11.8. The first-order valence-corrected chi connectivity index (χ1v) is 9.26. The Morgan fingerprint density at radius 1 is 1.17 bits per heavy atom. The molecule has 4 heteroatoms. The van der Waals surface area contributed by atoms with Crippen LogP contribution in [0, 0.1) is 0 Å². The van der Waals surface area contributed by atoms with Crippen molar-refractivity contribution in [2.24, 2.45) is 5.10 Å². The van der Waals surface area contributed by atoms with Gasteiger partial charge in [0.25, 0.3) is 0 Å². The molecule has 0 aliphatic heterocycles.